The number of benzene rings is 2. The van der Waals surface area contributed by atoms with Gasteiger partial charge >= 0.3 is 0 Å². The van der Waals surface area contributed by atoms with Gasteiger partial charge in [-0.25, -0.2) is 4.98 Å². The average Bonchev–Trinajstić information content (AvgIpc) is 3.20. The normalized spacial score (nSPS) is 14.4. The van der Waals surface area contributed by atoms with Gasteiger partial charge in [-0.15, -0.1) is 0 Å². The Balaban J connectivity index is 1.61. The summed E-state index contributed by atoms with van der Waals surface area (Å²) in [6.45, 7) is 7.09. The van der Waals surface area contributed by atoms with Crippen molar-refractivity contribution < 1.29 is 9.84 Å². The summed E-state index contributed by atoms with van der Waals surface area (Å²) >= 11 is 0. The predicted octanol–water partition coefficient (Wildman–Crippen LogP) is 4.74. The van der Waals surface area contributed by atoms with Crippen LogP contribution >= 0.6 is 0 Å². The van der Waals surface area contributed by atoms with E-state index in [9.17, 15) is 5.11 Å². The van der Waals surface area contributed by atoms with Crippen LogP contribution in [0.15, 0.2) is 42.2 Å². The summed E-state index contributed by atoms with van der Waals surface area (Å²) in [5, 5.41) is 19.2. The van der Waals surface area contributed by atoms with E-state index in [0.717, 1.165) is 34.5 Å². The summed E-state index contributed by atoms with van der Waals surface area (Å²) in [4.78, 5) is 9.63. The number of aromatic amines is 1. The number of H-pyrrole nitrogens is 1. The Morgan fingerprint density at radius 1 is 1.18 bits per heavy atom. The maximum absolute atomic E-state index is 10.6. The molecule has 0 radical (unpaired) electrons. The van der Waals surface area contributed by atoms with Gasteiger partial charge in [-0.2, -0.15) is 0 Å². The number of aliphatic hydroxyl groups is 1. The number of anilines is 1. The second-order valence-electron chi connectivity index (χ2n) is 7.14. The molecule has 0 saturated heterocycles. The van der Waals surface area contributed by atoms with Crippen molar-refractivity contribution in [3.05, 3.63) is 59.1 Å². The van der Waals surface area contributed by atoms with Crippen molar-refractivity contribution in [2.75, 3.05) is 18.1 Å². The summed E-state index contributed by atoms with van der Waals surface area (Å²) < 4.78 is 5.62. The monoisotopic (exact) mass is 376 g/mol. The van der Waals surface area contributed by atoms with Crippen molar-refractivity contribution in [2.24, 2.45) is 0 Å². The average molecular weight is 376 g/mol. The molecule has 2 heterocycles. The number of ether oxygens (including phenoxy) is 1. The molecular weight excluding hydrogens is 352 g/mol. The van der Waals surface area contributed by atoms with Crippen LogP contribution in [-0.2, 0) is 0 Å². The lowest BCUT2D eigenvalue weighted by atomic mass is 10.1. The first kappa shape index (κ1) is 18.1. The van der Waals surface area contributed by atoms with Crippen LogP contribution in [0.3, 0.4) is 0 Å². The van der Waals surface area contributed by atoms with Crippen LogP contribution in [0.5, 0.6) is 5.75 Å². The van der Waals surface area contributed by atoms with Crippen molar-refractivity contribution >= 4 is 28.1 Å². The van der Waals surface area contributed by atoms with E-state index in [0.29, 0.717) is 18.0 Å². The Hall–Kier alpha value is -3.28. The van der Waals surface area contributed by atoms with Crippen molar-refractivity contribution in [2.45, 2.75) is 27.2 Å². The molecule has 4 rings (SSSR count). The number of aryl methyl sites for hydroxylation is 2. The van der Waals surface area contributed by atoms with E-state index in [2.05, 4.69) is 23.8 Å². The summed E-state index contributed by atoms with van der Waals surface area (Å²) in [6.07, 6.45) is 0.955. The van der Waals surface area contributed by atoms with E-state index in [1.54, 1.807) is 4.90 Å². The largest absolute Gasteiger partial charge is 0.509 e. The first-order valence-electron chi connectivity index (χ1n) is 9.46. The third-order valence-electron chi connectivity index (χ3n) is 5.06. The van der Waals surface area contributed by atoms with Crippen LogP contribution < -0.4 is 9.64 Å². The molecule has 3 N–H and O–H groups in total. The number of hydrogen-bond donors (Lipinski definition) is 3. The lowest BCUT2D eigenvalue weighted by Crippen LogP contribution is -2.26. The van der Waals surface area contributed by atoms with E-state index in [4.69, 9.17) is 10.1 Å². The quantitative estimate of drug-likeness (QED) is 0.601. The minimum Gasteiger partial charge on any atom is -0.509 e. The summed E-state index contributed by atoms with van der Waals surface area (Å²) in [7, 11) is 0. The van der Waals surface area contributed by atoms with E-state index in [1.165, 1.54) is 5.56 Å². The van der Waals surface area contributed by atoms with Gasteiger partial charge in [0.2, 0.25) is 0 Å². The molecule has 6 nitrogen and oxygen atoms in total. The lowest BCUT2D eigenvalue weighted by Gasteiger charge is -2.19. The summed E-state index contributed by atoms with van der Waals surface area (Å²) in [5.41, 5.74) is 5.35. The third-order valence-corrected chi connectivity index (χ3v) is 5.06. The molecule has 1 aromatic heterocycles. The second kappa shape index (κ2) is 7.03. The predicted molar refractivity (Wildman–Crippen MR) is 112 cm³/mol. The van der Waals surface area contributed by atoms with Gasteiger partial charge < -0.3 is 19.7 Å². The van der Waals surface area contributed by atoms with Gasteiger partial charge in [0.25, 0.3) is 0 Å². The van der Waals surface area contributed by atoms with Gasteiger partial charge in [-0.3, -0.25) is 5.41 Å². The van der Waals surface area contributed by atoms with Crippen LogP contribution in [0.4, 0.5) is 5.69 Å². The number of aliphatic hydroxyl groups excluding tert-OH is 1. The van der Waals surface area contributed by atoms with Crippen molar-refractivity contribution in [1.29, 1.82) is 5.41 Å². The molecule has 0 spiro atoms. The Labute approximate surface area is 164 Å². The molecule has 144 valence electrons. The smallest absolute Gasteiger partial charge is 0.145 e. The van der Waals surface area contributed by atoms with Gasteiger partial charge in [0.15, 0.2) is 0 Å². The van der Waals surface area contributed by atoms with Crippen molar-refractivity contribution in [1.82, 2.24) is 9.97 Å². The molecule has 1 aliphatic rings. The minimum atomic E-state index is 0.142. The molecule has 0 unspecified atom stereocenters. The molecule has 0 fully saturated rings. The molecule has 0 bridgehead atoms. The Bertz CT molecular complexity index is 1040. The number of aromatic nitrogens is 2. The number of amidine groups is 1. The molecule has 6 heteroatoms. The molecule has 0 saturated carbocycles. The number of hydrogen-bond acceptors (Lipinski definition) is 4. The topological polar surface area (TPSA) is 85.2 Å². The maximum Gasteiger partial charge on any atom is 0.145 e. The molecule has 3 aromatic rings. The Morgan fingerprint density at radius 3 is 2.61 bits per heavy atom. The zero-order valence-corrected chi connectivity index (χ0v) is 16.3. The number of fused-ring (bicyclic) bond motifs is 1. The molecule has 0 amide bonds. The van der Waals surface area contributed by atoms with Crippen LogP contribution in [0.1, 0.15) is 30.3 Å². The number of nitrogens with one attached hydrogen (secondary N) is 2. The molecular formula is C22H24N4O2. The summed E-state index contributed by atoms with van der Waals surface area (Å²) in [6, 6.07) is 11.7. The standard InChI is InChI=1S/C22H24N4O2/c1-4-9-28-16-7-5-15(6-8-16)26-12-19(27)20(21(26)23)22-24-17-10-13(2)14(3)11-18(17)25-22/h5-8,10-11,23,27H,4,9,12H2,1-3H3,(H,24,25). The van der Waals surface area contributed by atoms with Gasteiger partial charge in [0, 0.05) is 5.69 Å². The first-order valence-corrected chi connectivity index (χ1v) is 9.46. The molecule has 0 aliphatic carbocycles. The minimum absolute atomic E-state index is 0.142. The van der Waals surface area contributed by atoms with Gasteiger partial charge in [-0.05, 0) is 67.8 Å². The fourth-order valence-corrected chi connectivity index (χ4v) is 3.38. The van der Waals surface area contributed by atoms with Crippen LogP contribution in [-0.4, -0.2) is 34.1 Å². The SMILES string of the molecule is CCCOc1ccc(N2CC(O)=C(c3nc4cc(C)c(C)cc4[nH]3)C2=N)cc1. The van der Waals surface area contributed by atoms with Crippen LogP contribution in [0.2, 0.25) is 0 Å². The Morgan fingerprint density at radius 2 is 1.89 bits per heavy atom. The highest BCUT2D eigenvalue weighted by molar-refractivity contribution is 6.30. The molecule has 1 aliphatic heterocycles. The highest BCUT2D eigenvalue weighted by atomic mass is 16.5. The van der Waals surface area contributed by atoms with Gasteiger partial charge in [0.1, 0.15) is 23.2 Å². The Kier molecular flexibility index (Phi) is 4.55. The first-order chi connectivity index (χ1) is 13.5. The number of rotatable bonds is 5. The fraction of sp³-hybridized carbons (Fsp3) is 0.273. The highest BCUT2D eigenvalue weighted by Crippen LogP contribution is 2.32. The fourth-order valence-electron chi connectivity index (χ4n) is 3.38. The van der Waals surface area contributed by atoms with Gasteiger partial charge in [-0.1, -0.05) is 6.92 Å². The van der Waals surface area contributed by atoms with E-state index in [-0.39, 0.29) is 18.1 Å². The maximum atomic E-state index is 10.6. The number of imidazole rings is 1. The zero-order valence-electron chi connectivity index (χ0n) is 16.3. The van der Waals surface area contributed by atoms with E-state index in [1.807, 2.05) is 43.3 Å². The van der Waals surface area contributed by atoms with Crippen LogP contribution in [0, 0.1) is 19.3 Å². The second-order valence-corrected chi connectivity index (χ2v) is 7.14. The van der Waals surface area contributed by atoms with Gasteiger partial charge in [0.05, 0.1) is 29.8 Å². The highest BCUT2D eigenvalue weighted by Gasteiger charge is 2.31. The molecule has 0 atom stereocenters. The zero-order chi connectivity index (χ0) is 19.8. The van der Waals surface area contributed by atoms with E-state index >= 15 is 0 Å². The van der Waals surface area contributed by atoms with Crippen molar-refractivity contribution in [3.8, 4) is 5.75 Å². The number of nitrogens with zero attached hydrogens (tertiary/aromatic N) is 2. The molecule has 2 aromatic carbocycles. The third kappa shape index (κ3) is 3.11. The molecule has 28 heavy (non-hydrogen) atoms. The van der Waals surface area contributed by atoms with Crippen molar-refractivity contribution in [3.63, 3.8) is 0 Å². The lowest BCUT2D eigenvalue weighted by molar-refractivity contribution is 0.317. The van der Waals surface area contributed by atoms with E-state index < -0.39 is 0 Å². The summed E-state index contributed by atoms with van der Waals surface area (Å²) in [5.74, 6) is 1.70. The van der Waals surface area contributed by atoms with Crippen LogP contribution in [0.25, 0.3) is 16.6 Å².